The average molecular weight is 560 g/mol. The van der Waals surface area contributed by atoms with Crippen molar-refractivity contribution in [2.45, 2.75) is 111 Å². The molecule has 0 spiro atoms. The van der Waals surface area contributed by atoms with Gasteiger partial charge in [-0.25, -0.2) is 4.79 Å². The Bertz CT molecular complexity index is 1120. The summed E-state index contributed by atoms with van der Waals surface area (Å²) in [6.07, 6.45) is 20.3. The summed E-state index contributed by atoms with van der Waals surface area (Å²) in [4.78, 5) is 14.8. The molecule has 0 heterocycles. The molecule has 3 heteroatoms. The van der Waals surface area contributed by atoms with E-state index in [1.807, 2.05) is 32.3 Å². The van der Waals surface area contributed by atoms with Gasteiger partial charge in [0.25, 0.3) is 0 Å². The molecule has 0 unspecified atom stereocenters. The van der Waals surface area contributed by atoms with Crippen molar-refractivity contribution in [2.75, 3.05) is 19.0 Å². The van der Waals surface area contributed by atoms with Crippen LogP contribution in [0.4, 0.5) is 5.69 Å². The number of hydrogen-bond donors (Lipinski definition) is 0. The van der Waals surface area contributed by atoms with Gasteiger partial charge in [0.2, 0.25) is 0 Å². The lowest BCUT2D eigenvalue weighted by molar-refractivity contribution is -0.145. The van der Waals surface area contributed by atoms with Crippen LogP contribution in [0.1, 0.15) is 111 Å². The first-order valence-electron chi connectivity index (χ1n) is 16.9. The van der Waals surface area contributed by atoms with Crippen LogP contribution in [-0.2, 0) is 9.53 Å². The van der Waals surface area contributed by atoms with Gasteiger partial charge in [-0.05, 0) is 115 Å². The predicted molar refractivity (Wildman–Crippen MR) is 173 cm³/mol. The maximum absolute atomic E-state index is 12.7. The summed E-state index contributed by atoms with van der Waals surface area (Å²) in [6, 6.07) is 8.24. The van der Waals surface area contributed by atoms with Crippen molar-refractivity contribution in [3.8, 4) is 0 Å². The molecule has 3 fully saturated rings. The van der Waals surface area contributed by atoms with Gasteiger partial charge in [0.05, 0.1) is 0 Å². The summed E-state index contributed by atoms with van der Waals surface area (Å²) in [5, 5.41) is 0. The lowest BCUT2D eigenvalue weighted by Crippen LogP contribution is -2.51. The SMILES string of the molecule is CC(C)CCC[C@H](C)[C@@H]1CC[C@@H]2[C@H]3CC=C4C[C@@H](OC(=O)/C=C\c5ccc(N(C)C)cc5)CC[C@]4(C)[C@@H]3CC[C@@]21C. The largest absolute Gasteiger partial charge is 0.459 e. The van der Waals surface area contributed by atoms with Crippen LogP contribution < -0.4 is 4.90 Å². The van der Waals surface area contributed by atoms with E-state index in [1.54, 1.807) is 11.6 Å². The molecule has 8 atom stereocenters. The van der Waals surface area contributed by atoms with Crippen LogP contribution in [-0.4, -0.2) is 26.2 Å². The van der Waals surface area contributed by atoms with E-state index in [4.69, 9.17) is 4.74 Å². The third kappa shape index (κ3) is 6.21. The molecule has 3 saturated carbocycles. The zero-order valence-corrected chi connectivity index (χ0v) is 27.1. The van der Waals surface area contributed by atoms with Crippen molar-refractivity contribution in [1.82, 2.24) is 0 Å². The minimum atomic E-state index is -0.211. The summed E-state index contributed by atoms with van der Waals surface area (Å²) < 4.78 is 6.00. The van der Waals surface area contributed by atoms with E-state index in [0.717, 1.165) is 66.0 Å². The monoisotopic (exact) mass is 559 g/mol. The summed E-state index contributed by atoms with van der Waals surface area (Å²) in [5.74, 6) is 4.93. The van der Waals surface area contributed by atoms with Crippen LogP contribution in [0.5, 0.6) is 0 Å². The number of allylic oxidation sites excluding steroid dienone is 1. The summed E-state index contributed by atoms with van der Waals surface area (Å²) in [5.41, 5.74) is 4.59. The number of anilines is 1. The highest BCUT2D eigenvalue weighted by molar-refractivity contribution is 5.87. The van der Waals surface area contributed by atoms with Gasteiger partial charge in [-0.1, -0.05) is 77.7 Å². The van der Waals surface area contributed by atoms with E-state index < -0.39 is 0 Å². The zero-order chi connectivity index (χ0) is 29.4. The highest BCUT2D eigenvalue weighted by atomic mass is 16.5. The number of esters is 1. The van der Waals surface area contributed by atoms with Crippen LogP contribution in [0.2, 0.25) is 0 Å². The fourth-order valence-corrected chi connectivity index (χ4v) is 10.0. The van der Waals surface area contributed by atoms with Crippen molar-refractivity contribution < 1.29 is 9.53 Å². The highest BCUT2D eigenvalue weighted by Gasteiger charge is 2.59. The first-order valence-corrected chi connectivity index (χ1v) is 16.9. The van der Waals surface area contributed by atoms with E-state index in [1.165, 1.54) is 51.4 Å². The smallest absolute Gasteiger partial charge is 0.331 e. The molecule has 5 rings (SSSR count). The second-order valence-electron chi connectivity index (χ2n) is 15.4. The van der Waals surface area contributed by atoms with Crippen LogP contribution in [0.3, 0.4) is 0 Å². The number of rotatable bonds is 9. The zero-order valence-electron chi connectivity index (χ0n) is 27.1. The van der Waals surface area contributed by atoms with Gasteiger partial charge in [0.1, 0.15) is 6.10 Å². The third-order valence-electron chi connectivity index (χ3n) is 12.4. The number of benzene rings is 1. The second-order valence-corrected chi connectivity index (χ2v) is 15.4. The lowest BCUT2D eigenvalue weighted by atomic mass is 9.47. The maximum atomic E-state index is 12.7. The maximum Gasteiger partial charge on any atom is 0.331 e. The number of ether oxygens (including phenoxy) is 1. The Morgan fingerprint density at radius 3 is 2.46 bits per heavy atom. The molecule has 0 aromatic heterocycles. The Kier molecular flexibility index (Phi) is 9.12. The van der Waals surface area contributed by atoms with Gasteiger partial charge in [-0.15, -0.1) is 0 Å². The fraction of sp³-hybridized carbons (Fsp3) is 0.711. The van der Waals surface area contributed by atoms with Crippen molar-refractivity contribution >= 4 is 17.7 Å². The minimum Gasteiger partial charge on any atom is -0.459 e. The molecule has 1 aromatic carbocycles. The summed E-state index contributed by atoms with van der Waals surface area (Å²) in [6.45, 7) is 12.6. The van der Waals surface area contributed by atoms with E-state index in [0.29, 0.717) is 5.41 Å². The van der Waals surface area contributed by atoms with Gasteiger partial charge in [0, 0.05) is 32.3 Å². The topological polar surface area (TPSA) is 29.5 Å². The Morgan fingerprint density at radius 2 is 1.76 bits per heavy atom. The molecule has 0 radical (unpaired) electrons. The number of fused-ring (bicyclic) bond motifs is 5. The fourth-order valence-electron chi connectivity index (χ4n) is 10.0. The van der Waals surface area contributed by atoms with Gasteiger partial charge in [-0.3, -0.25) is 0 Å². The van der Waals surface area contributed by atoms with E-state index in [2.05, 4.69) is 57.7 Å². The first kappa shape index (κ1) is 30.4. The Hall–Kier alpha value is -2.03. The molecule has 0 saturated heterocycles. The third-order valence-corrected chi connectivity index (χ3v) is 12.4. The molecule has 0 N–H and O–H groups in total. The van der Waals surface area contributed by atoms with Crippen molar-refractivity contribution in [3.05, 3.63) is 47.6 Å². The van der Waals surface area contributed by atoms with Gasteiger partial charge < -0.3 is 9.64 Å². The molecule has 41 heavy (non-hydrogen) atoms. The Balaban J connectivity index is 1.19. The molecule has 0 aliphatic heterocycles. The van der Waals surface area contributed by atoms with Gasteiger partial charge in [-0.2, -0.15) is 0 Å². The highest BCUT2D eigenvalue weighted by Crippen LogP contribution is 2.67. The molecular formula is C38H57NO2. The summed E-state index contributed by atoms with van der Waals surface area (Å²) >= 11 is 0. The normalized spacial score (nSPS) is 35.4. The van der Waals surface area contributed by atoms with Crippen molar-refractivity contribution in [2.24, 2.45) is 46.3 Å². The number of nitrogens with zero attached hydrogens (tertiary/aromatic N) is 1. The van der Waals surface area contributed by atoms with Crippen molar-refractivity contribution in [3.63, 3.8) is 0 Å². The molecule has 0 bridgehead atoms. The lowest BCUT2D eigenvalue weighted by Gasteiger charge is -2.58. The minimum absolute atomic E-state index is 0.00977. The van der Waals surface area contributed by atoms with E-state index in [9.17, 15) is 4.79 Å². The number of carbonyl (C=O) groups excluding carboxylic acids is 1. The van der Waals surface area contributed by atoms with E-state index >= 15 is 0 Å². The van der Waals surface area contributed by atoms with Crippen LogP contribution in [0, 0.1) is 46.3 Å². The first-order chi connectivity index (χ1) is 19.5. The van der Waals surface area contributed by atoms with Crippen LogP contribution in [0.25, 0.3) is 6.08 Å². The van der Waals surface area contributed by atoms with E-state index in [-0.39, 0.29) is 17.5 Å². The molecule has 226 valence electrons. The second kappa shape index (κ2) is 12.3. The quantitative estimate of drug-likeness (QED) is 0.171. The molecular weight excluding hydrogens is 502 g/mol. The molecule has 3 nitrogen and oxygen atoms in total. The summed E-state index contributed by atoms with van der Waals surface area (Å²) in [7, 11) is 4.07. The predicted octanol–water partition coefficient (Wildman–Crippen LogP) is 9.72. The number of carbonyl (C=O) groups is 1. The standard InChI is InChI=1S/C38H57NO2/c1-26(2)9-8-10-27(3)33-18-19-34-32-17-14-29-25-31(21-23-37(29,4)35(32)22-24-38(33,34)5)41-36(40)20-13-28-11-15-30(16-12-28)39(6)7/h11-16,20,26-27,31-35H,8-10,17-19,21-25H2,1-7H3/b20-13-/t27-,31-,32+,33-,34+,35+,37-,38+/m0/s1. The van der Waals surface area contributed by atoms with Crippen molar-refractivity contribution in [1.29, 1.82) is 0 Å². The molecule has 1 aromatic rings. The van der Waals surface area contributed by atoms with Crippen LogP contribution >= 0.6 is 0 Å². The Morgan fingerprint density at radius 1 is 1.00 bits per heavy atom. The molecule has 4 aliphatic rings. The van der Waals surface area contributed by atoms with Gasteiger partial charge in [0.15, 0.2) is 0 Å². The number of hydrogen-bond acceptors (Lipinski definition) is 3. The van der Waals surface area contributed by atoms with Gasteiger partial charge >= 0.3 is 5.97 Å². The molecule has 4 aliphatic carbocycles. The average Bonchev–Trinajstić information content (AvgIpc) is 3.29. The van der Waals surface area contributed by atoms with Crippen LogP contribution in [0.15, 0.2) is 42.0 Å². The molecule has 0 amide bonds. The Labute approximate surface area is 251 Å².